The molecule has 8 rings (SSSR count). The fourth-order valence-corrected chi connectivity index (χ4v) is 7.51. The van der Waals surface area contributed by atoms with Crippen LogP contribution in [0.3, 0.4) is 0 Å². The maximum Gasteiger partial charge on any atom is 0.132 e. The third-order valence-electron chi connectivity index (χ3n) is 7.90. The van der Waals surface area contributed by atoms with Crippen LogP contribution in [0, 0.1) is 0 Å². The summed E-state index contributed by atoms with van der Waals surface area (Å²) in [6, 6.07) is 43.6. The highest BCUT2D eigenvalue weighted by Crippen LogP contribution is 2.62. The van der Waals surface area contributed by atoms with Crippen LogP contribution in [0.4, 0.5) is 0 Å². The molecule has 1 fully saturated rings. The molecule has 178 valence electrons. The second kappa shape index (κ2) is 8.09. The summed E-state index contributed by atoms with van der Waals surface area (Å²) in [5, 5.41) is 0.319. The van der Waals surface area contributed by atoms with Crippen LogP contribution in [0.2, 0.25) is 0 Å². The van der Waals surface area contributed by atoms with E-state index in [1.54, 1.807) is 0 Å². The molecule has 3 nitrogen and oxygen atoms in total. The van der Waals surface area contributed by atoms with Crippen molar-refractivity contribution in [1.29, 1.82) is 0 Å². The fourth-order valence-electron chi connectivity index (χ4n) is 6.35. The smallest absolute Gasteiger partial charge is 0.132 e. The van der Waals surface area contributed by atoms with Crippen LogP contribution in [0.5, 0.6) is 11.5 Å². The molecule has 5 aromatic carbocycles. The highest BCUT2D eigenvalue weighted by atomic mass is 32.2. The van der Waals surface area contributed by atoms with E-state index in [2.05, 4.69) is 132 Å². The summed E-state index contributed by atoms with van der Waals surface area (Å²) in [6.07, 6.45) is 0. The van der Waals surface area contributed by atoms with E-state index in [-0.39, 0.29) is 10.7 Å². The van der Waals surface area contributed by atoms with Gasteiger partial charge in [0.1, 0.15) is 11.5 Å². The summed E-state index contributed by atoms with van der Waals surface area (Å²) in [7, 11) is 0. The number of ether oxygens (including phenoxy) is 1. The molecule has 2 N–H and O–H groups in total. The zero-order valence-corrected chi connectivity index (χ0v) is 20.8. The first-order valence-corrected chi connectivity index (χ1v) is 13.6. The van der Waals surface area contributed by atoms with Crippen LogP contribution in [0.15, 0.2) is 121 Å². The number of nitrogens with one attached hydrogen (secondary N) is 2. The molecule has 5 aromatic rings. The molecule has 2 aliphatic heterocycles. The summed E-state index contributed by atoms with van der Waals surface area (Å²) in [4.78, 5) is 0. The van der Waals surface area contributed by atoms with Gasteiger partial charge in [0.2, 0.25) is 0 Å². The van der Waals surface area contributed by atoms with Crippen molar-refractivity contribution in [3.8, 4) is 22.6 Å². The molecule has 37 heavy (non-hydrogen) atoms. The van der Waals surface area contributed by atoms with E-state index >= 15 is 0 Å². The number of benzene rings is 5. The van der Waals surface area contributed by atoms with Crippen LogP contribution in [-0.4, -0.2) is 0 Å². The van der Waals surface area contributed by atoms with Crippen LogP contribution in [-0.2, 0) is 5.41 Å². The third-order valence-corrected chi connectivity index (χ3v) is 9.22. The van der Waals surface area contributed by atoms with Crippen LogP contribution in [0.25, 0.3) is 11.1 Å². The monoisotopic (exact) mass is 496 g/mol. The Labute approximate surface area is 220 Å². The first-order valence-electron chi connectivity index (χ1n) is 12.7. The molecular weight excluding hydrogens is 472 g/mol. The van der Waals surface area contributed by atoms with Gasteiger partial charge in [-0.15, -0.1) is 11.8 Å². The number of fused-ring (bicyclic) bond motifs is 9. The van der Waals surface area contributed by atoms with Crippen LogP contribution >= 0.6 is 11.8 Å². The zero-order chi connectivity index (χ0) is 24.4. The van der Waals surface area contributed by atoms with Crippen molar-refractivity contribution in [3.05, 3.63) is 155 Å². The van der Waals surface area contributed by atoms with Gasteiger partial charge in [-0.1, -0.05) is 109 Å². The van der Waals surface area contributed by atoms with Crippen LogP contribution in [0.1, 0.15) is 44.1 Å². The molecule has 2 unspecified atom stereocenters. The van der Waals surface area contributed by atoms with Crippen molar-refractivity contribution in [1.82, 2.24) is 10.9 Å². The second-order valence-electron chi connectivity index (χ2n) is 9.79. The Morgan fingerprint density at radius 2 is 1.08 bits per heavy atom. The minimum atomic E-state index is -0.406. The standard InChI is InChI=1S/C33H24N2OS/c1-2-10-21(11-3-1)31-34-35-32(37-31)22-18-19-28-30(20-22)36-29-17-9-8-16-27(29)33(28)25-14-6-4-12-23(25)24-13-5-7-15-26(24)33/h1-20,31-32,34-35H. The van der Waals surface area contributed by atoms with Gasteiger partial charge in [-0.05, 0) is 45.5 Å². The average molecular weight is 497 g/mol. The van der Waals surface area contributed by atoms with Crippen molar-refractivity contribution in [2.45, 2.75) is 16.2 Å². The SMILES string of the molecule is c1ccc(C2NNC(c3ccc4c(c3)Oc3ccccc3C43c4ccccc4-c4ccccc43)S2)cc1. The molecule has 0 aromatic heterocycles. The predicted octanol–water partition coefficient (Wildman–Crippen LogP) is 7.69. The Kier molecular flexibility index (Phi) is 4.65. The normalized spacial score (nSPS) is 20.0. The average Bonchev–Trinajstić information content (AvgIpc) is 3.57. The van der Waals surface area contributed by atoms with Gasteiger partial charge in [-0.2, -0.15) is 0 Å². The van der Waals surface area contributed by atoms with Crippen LogP contribution < -0.4 is 15.6 Å². The van der Waals surface area contributed by atoms with Gasteiger partial charge < -0.3 is 4.74 Å². The topological polar surface area (TPSA) is 33.3 Å². The molecule has 2 atom stereocenters. The summed E-state index contributed by atoms with van der Waals surface area (Å²) >= 11 is 1.88. The van der Waals surface area contributed by atoms with E-state index < -0.39 is 5.41 Å². The maximum atomic E-state index is 6.65. The first-order chi connectivity index (χ1) is 18.3. The second-order valence-corrected chi connectivity index (χ2v) is 11.0. The Morgan fingerprint density at radius 3 is 1.81 bits per heavy atom. The van der Waals surface area contributed by atoms with Gasteiger partial charge in [0.25, 0.3) is 0 Å². The Bertz CT molecular complexity index is 1620. The number of hydrogen-bond acceptors (Lipinski definition) is 4. The molecule has 3 aliphatic rings. The van der Waals surface area contributed by atoms with Gasteiger partial charge in [0.05, 0.1) is 16.2 Å². The van der Waals surface area contributed by atoms with Crippen molar-refractivity contribution in [3.63, 3.8) is 0 Å². The predicted molar refractivity (Wildman–Crippen MR) is 150 cm³/mol. The van der Waals surface area contributed by atoms with E-state index in [0.717, 1.165) is 11.5 Å². The molecule has 0 bridgehead atoms. The lowest BCUT2D eigenvalue weighted by Gasteiger charge is -2.39. The minimum absolute atomic E-state index is 0.121. The van der Waals surface area contributed by atoms with Crippen molar-refractivity contribution in [2.75, 3.05) is 0 Å². The lowest BCUT2D eigenvalue weighted by molar-refractivity contribution is 0.435. The van der Waals surface area contributed by atoms with Crippen molar-refractivity contribution in [2.24, 2.45) is 0 Å². The summed E-state index contributed by atoms with van der Waals surface area (Å²) in [5.74, 6) is 1.85. The molecule has 1 spiro atoms. The number of thioether (sulfide) groups is 1. The van der Waals surface area contributed by atoms with Gasteiger partial charge in [0, 0.05) is 11.1 Å². The van der Waals surface area contributed by atoms with E-state index in [4.69, 9.17) is 4.74 Å². The summed E-state index contributed by atoms with van der Waals surface area (Å²) in [6.45, 7) is 0. The van der Waals surface area contributed by atoms with Crippen molar-refractivity contribution >= 4 is 11.8 Å². The molecule has 4 heteroatoms. The first kappa shape index (κ1) is 21.3. The Balaban J connectivity index is 1.30. The molecule has 0 radical (unpaired) electrons. The fraction of sp³-hybridized carbons (Fsp3) is 0.0909. The molecule has 2 heterocycles. The van der Waals surface area contributed by atoms with Gasteiger partial charge in [0.15, 0.2) is 0 Å². The number of rotatable bonds is 2. The van der Waals surface area contributed by atoms with Gasteiger partial charge in [-0.3, -0.25) is 0 Å². The number of hydrazine groups is 1. The Hall–Kier alpha value is -3.83. The number of para-hydroxylation sites is 1. The van der Waals surface area contributed by atoms with Gasteiger partial charge >= 0.3 is 0 Å². The largest absolute Gasteiger partial charge is 0.457 e. The third kappa shape index (κ3) is 2.98. The van der Waals surface area contributed by atoms with Gasteiger partial charge in [-0.25, -0.2) is 10.9 Å². The quantitative estimate of drug-likeness (QED) is 0.257. The molecule has 1 aliphatic carbocycles. The molecular formula is C33H24N2OS. The summed E-state index contributed by atoms with van der Waals surface area (Å²) < 4.78 is 6.65. The highest BCUT2D eigenvalue weighted by Gasteiger charge is 2.51. The zero-order valence-electron chi connectivity index (χ0n) is 20.0. The lowest BCUT2D eigenvalue weighted by atomic mass is 9.66. The van der Waals surface area contributed by atoms with E-state index in [9.17, 15) is 0 Å². The Morgan fingerprint density at radius 1 is 0.514 bits per heavy atom. The van der Waals surface area contributed by atoms with E-state index in [1.807, 2.05) is 11.8 Å². The lowest BCUT2D eigenvalue weighted by Crippen LogP contribution is -2.32. The number of hydrogen-bond donors (Lipinski definition) is 2. The van der Waals surface area contributed by atoms with E-state index in [0.29, 0.717) is 0 Å². The highest BCUT2D eigenvalue weighted by molar-refractivity contribution is 7.99. The minimum Gasteiger partial charge on any atom is -0.457 e. The van der Waals surface area contributed by atoms with E-state index in [1.165, 1.54) is 44.5 Å². The molecule has 0 saturated carbocycles. The maximum absolute atomic E-state index is 6.65. The molecule has 0 amide bonds. The summed E-state index contributed by atoms with van der Waals surface area (Å²) in [5.41, 5.74) is 16.7. The molecule has 1 saturated heterocycles. The van der Waals surface area contributed by atoms with Crippen molar-refractivity contribution < 1.29 is 4.74 Å².